The minimum Gasteiger partial charge on any atom is -0.259 e. The number of rotatable bonds is 3. The van der Waals surface area contributed by atoms with Gasteiger partial charge in [-0.25, -0.2) is 0 Å². The Morgan fingerprint density at radius 2 is 2.20 bits per heavy atom. The van der Waals surface area contributed by atoms with E-state index in [-0.39, 0.29) is 5.70 Å². The molecule has 5 heteroatoms. The predicted octanol–water partition coefficient (Wildman–Crippen LogP) is 4.02. The normalized spacial score (nSPS) is 11.5. The fourth-order valence-electron chi connectivity index (χ4n) is 1.10. The second kappa shape index (κ2) is 5.14. The zero-order valence-corrected chi connectivity index (χ0v) is 9.55. The molecule has 1 aromatic carbocycles. The molecule has 0 amide bonds. The Morgan fingerprint density at radius 3 is 2.73 bits per heavy atom. The van der Waals surface area contributed by atoms with Crippen molar-refractivity contribution in [1.29, 1.82) is 0 Å². The van der Waals surface area contributed by atoms with Gasteiger partial charge in [-0.2, -0.15) is 0 Å². The van der Waals surface area contributed by atoms with Crippen molar-refractivity contribution < 1.29 is 4.92 Å². The summed E-state index contributed by atoms with van der Waals surface area (Å²) in [6, 6.07) is 5.03. The maximum atomic E-state index is 10.6. The van der Waals surface area contributed by atoms with Gasteiger partial charge < -0.3 is 0 Å². The van der Waals surface area contributed by atoms with Crippen LogP contribution in [0.15, 0.2) is 23.9 Å². The van der Waals surface area contributed by atoms with E-state index in [9.17, 15) is 10.1 Å². The molecule has 0 fully saturated rings. The standard InChI is InChI=1S/C10H9Cl2NO2/c1-2-8(13(14)15)6-7-4-3-5-9(11)10(7)12/h3-6H,2H2,1H3. The first-order chi connectivity index (χ1) is 7.06. The highest BCUT2D eigenvalue weighted by Crippen LogP contribution is 2.27. The number of hydrogen-bond donors (Lipinski definition) is 0. The highest BCUT2D eigenvalue weighted by Gasteiger charge is 2.09. The monoisotopic (exact) mass is 245 g/mol. The molecule has 0 heterocycles. The van der Waals surface area contributed by atoms with Crippen molar-refractivity contribution >= 4 is 29.3 Å². The van der Waals surface area contributed by atoms with Crippen LogP contribution in [0.1, 0.15) is 18.9 Å². The van der Waals surface area contributed by atoms with E-state index >= 15 is 0 Å². The summed E-state index contributed by atoms with van der Waals surface area (Å²) in [6.07, 6.45) is 1.78. The van der Waals surface area contributed by atoms with Crippen molar-refractivity contribution in [3.63, 3.8) is 0 Å². The Bertz CT molecular complexity index is 416. The van der Waals surface area contributed by atoms with Crippen LogP contribution in [0.2, 0.25) is 10.0 Å². The molecule has 80 valence electrons. The second-order valence-corrected chi connectivity index (χ2v) is 3.67. The molecule has 0 radical (unpaired) electrons. The van der Waals surface area contributed by atoms with Gasteiger partial charge in [0.05, 0.1) is 15.0 Å². The van der Waals surface area contributed by atoms with E-state index in [1.807, 2.05) is 0 Å². The van der Waals surface area contributed by atoms with E-state index in [0.717, 1.165) is 0 Å². The van der Waals surface area contributed by atoms with Crippen molar-refractivity contribution in [2.24, 2.45) is 0 Å². The maximum Gasteiger partial charge on any atom is 0.246 e. The highest BCUT2D eigenvalue weighted by molar-refractivity contribution is 6.42. The van der Waals surface area contributed by atoms with Crippen LogP contribution in [-0.2, 0) is 0 Å². The van der Waals surface area contributed by atoms with Crippen LogP contribution in [-0.4, -0.2) is 4.92 Å². The van der Waals surface area contributed by atoms with Crippen LogP contribution < -0.4 is 0 Å². The predicted molar refractivity (Wildman–Crippen MR) is 61.7 cm³/mol. The van der Waals surface area contributed by atoms with Gasteiger partial charge in [-0.1, -0.05) is 42.3 Å². The molecule has 3 nitrogen and oxygen atoms in total. The first kappa shape index (κ1) is 12.0. The molecule has 0 N–H and O–H groups in total. The molecule has 0 spiro atoms. The van der Waals surface area contributed by atoms with E-state index in [2.05, 4.69) is 0 Å². The lowest BCUT2D eigenvalue weighted by Crippen LogP contribution is -1.96. The molecule has 0 unspecified atom stereocenters. The Morgan fingerprint density at radius 1 is 1.53 bits per heavy atom. The quantitative estimate of drug-likeness (QED) is 0.597. The van der Waals surface area contributed by atoms with E-state index < -0.39 is 4.92 Å². The molecular formula is C10H9Cl2NO2. The molecule has 0 aliphatic carbocycles. The van der Waals surface area contributed by atoms with E-state index in [1.165, 1.54) is 6.08 Å². The fourth-order valence-corrected chi connectivity index (χ4v) is 1.46. The maximum absolute atomic E-state index is 10.6. The van der Waals surface area contributed by atoms with Crippen LogP contribution in [0, 0.1) is 10.1 Å². The van der Waals surface area contributed by atoms with E-state index in [0.29, 0.717) is 22.0 Å². The van der Waals surface area contributed by atoms with Crippen molar-refractivity contribution in [1.82, 2.24) is 0 Å². The smallest absolute Gasteiger partial charge is 0.246 e. The van der Waals surface area contributed by atoms with Crippen LogP contribution in [0.5, 0.6) is 0 Å². The third-order valence-electron chi connectivity index (χ3n) is 1.90. The van der Waals surface area contributed by atoms with Gasteiger partial charge in [0.15, 0.2) is 0 Å². The Balaban J connectivity index is 3.17. The summed E-state index contributed by atoms with van der Waals surface area (Å²) in [5, 5.41) is 11.3. The lowest BCUT2D eigenvalue weighted by atomic mass is 10.2. The van der Waals surface area contributed by atoms with Gasteiger partial charge in [0, 0.05) is 18.1 Å². The first-order valence-electron chi connectivity index (χ1n) is 4.35. The average molecular weight is 246 g/mol. The average Bonchev–Trinajstić information content (AvgIpc) is 2.19. The zero-order valence-electron chi connectivity index (χ0n) is 8.04. The number of hydrogen-bond acceptors (Lipinski definition) is 2. The number of nitro groups is 1. The second-order valence-electron chi connectivity index (χ2n) is 2.89. The largest absolute Gasteiger partial charge is 0.259 e. The third kappa shape index (κ3) is 2.94. The summed E-state index contributed by atoms with van der Waals surface area (Å²) in [5.41, 5.74) is 0.678. The van der Waals surface area contributed by atoms with Crippen LogP contribution in [0.4, 0.5) is 0 Å². The fraction of sp³-hybridized carbons (Fsp3) is 0.200. The molecule has 0 atom stereocenters. The first-order valence-corrected chi connectivity index (χ1v) is 5.10. The summed E-state index contributed by atoms with van der Waals surface area (Å²) in [6.45, 7) is 1.72. The lowest BCUT2D eigenvalue weighted by Gasteiger charge is -2.00. The SMILES string of the molecule is CCC(=Cc1cccc(Cl)c1Cl)[N+](=O)[O-]. The van der Waals surface area contributed by atoms with Gasteiger partial charge in [-0.15, -0.1) is 0 Å². The summed E-state index contributed by atoms with van der Waals surface area (Å²) in [4.78, 5) is 10.2. The van der Waals surface area contributed by atoms with Crippen LogP contribution >= 0.6 is 23.2 Å². The van der Waals surface area contributed by atoms with Gasteiger partial charge in [-0.3, -0.25) is 10.1 Å². The molecule has 0 aliphatic heterocycles. The van der Waals surface area contributed by atoms with Crippen molar-refractivity contribution in [3.05, 3.63) is 49.6 Å². The van der Waals surface area contributed by atoms with Crippen LogP contribution in [0.25, 0.3) is 6.08 Å². The topological polar surface area (TPSA) is 43.1 Å². The van der Waals surface area contributed by atoms with Gasteiger partial charge in [0.25, 0.3) is 0 Å². The Labute approximate surface area is 97.5 Å². The molecule has 0 saturated carbocycles. The summed E-state index contributed by atoms with van der Waals surface area (Å²) >= 11 is 11.7. The number of nitrogens with zero attached hydrogens (tertiary/aromatic N) is 1. The summed E-state index contributed by atoms with van der Waals surface area (Å²) in [7, 11) is 0. The summed E-state index contributed by atoms with van der Waals surface area (Å²) < 4.78 is 0. The molecule has 1 rings (SSSR count). The molecular weight excluding hydrogens is 237 g/mol. The van der Waals surface area contributed by atoms with Gasteiger partial charge in [-0.05, 0) is 6.07 Å². The number of benzene rings is 1. The number of halogens is 2. The molecule has 15 heavy (non-hydrogen) atoms. The minimum atomic E-state index is -0.419. The Hall–Kier alpha value is -1.06. The van der Waals surface area contributed by atoms with Crippen molar-refractivity contribution in [3.8, 4) is 0 Å². The van der Waals surface area contributed by atoms with Crippen molar-refractivity contribution in [2.75, 3.05) is 0 Å². The molecule has 0 saturated heterocycles. The van der Waals surface area contributed by atoms with E-state index in [4.69, 9.17) is 23.2 Å². The lowest BCUT2D eigenvalue weighted by molar-refractivity contribution is -0.425. The van der Waals surface area contributed by atoms with Crippen LogP contribution in [0.3, 0.4) is 0 Å². The molecule has 0 aromatic heterocycles. The third-order valence-corrected chi connectivity index (χ3v) is 2.73. The molecule has 1 aromatic rings. The van der Waals surface area contributed by atoms with Crippen molar-refractivity contribution in [2.45, 2.75) is 13.3 Å². The van der Waals surface area contributed by atoms with Gasteiger partial charge >= 0.3 is 0 Å². The van der Waals surface area contributed by atoms with Gasteiger partial charge in [0.1, 0.15) is 0 Å². The summed E-state index contributed by atoms with van der Waals surface area (Å²) in [5.74, 6) is 0. The highest BCUT2D eigenvalue weighted by atomic mass is 35.5. The Kier molecular flexibility index (Phi) is 4.12. The minimum absolute atomic E-state index is 0.110. The molecule has 0 bridgehead atoms. The number of allylic oxidation sites excluding steroid dienone is 1. The van der Waals surface area contributed by atoms with Gasteiger partial charge in [0.2, 0.25) is 5.70 Å². The molecule has 0 aliphatic rings. The zero-order chi connectivity index (χ0) is 11.4. The van der Waals surface area contributed by atoms with E-state index in [1.54, 1.807) is 25.1 Å².